The Balaban J connectivity index is 1.23. The monoisotopic (exact) mass is 908 g/mol. The van der Waals surface area contributed by atoms with Gasteiger partial charge in [-0.15, -0.1) is 9.13 Å². The minimum Gasteiger partial charge on any atom is -0.455 e. The molecule has 0 radical (unpaired) electrons. The van der Waals surface area contributed by atoms with E-state index in [1.165, 1.54) is 5.19 Å². The summed E-state index contributed by atoms with van der Waals surface area (Å²) in [5, 5.41) is 7.70. The van der Waals surface area contributed by atoms with Crippen LogP contribution >= 0.6 is 0 Å². The van der Waals surface area contributed by atoms with E-state index in [1.807, 2.05) is 62.4 Å². The zero-order chi connectivity index (χ0) is 49.1. The molecule has 1 atom stereocenters. The van der Waals surface area contributed by atoms with Crippen molar-refractivity contribution >= 4 is 67.8 Å². The summed E-state index contributed by atoms with van der Waals surface area (Å²) in [7, 11) is -2.12. The summed E-state index contributed by atoms with van der Waals surface area (Å²) in [6.45, 7) is 11.3. The summed E-state index contributed by atoms with van der Waals surface area (Å²) >= 11 is 0. The van der Waals surface area contributed by atoms with Crippen LogP contribution in [0.2, 0.25) is 19.6 Å². The first kappa shape index (κ1) is 37.2. The second-order valence-electron chi connectivity index (χ2n) is 20.2. The molecule has 5 heterocycles. The number of imidazole rings is 1. The molecule has 330 valence electrons. The molecule has 14 rings (SSSR count). The minimum atomic E-state index is -2.12. The highest BCUT2D eigenvalue weighted by Crippen LogP contribution is 2.54. The summed E-state index contributed by atoms with van der Waals surface area (Å²) < 4.78 is 43.6. The SMILES string of the molecule is [2H]C(C)(C)c1cc2[n+](cc1[Si](C)(C)C)C1(c3ccccc3-2)c2ccc3c(oc4cc(C([2H])([2H])c5ccccc5)ccc43)c2-c2n(-c3c(-c4ccccc4)ccc4ccccc34)c3ccc4ccccc4c3[n+]21. The first-order valence-corrected chi connectivity index (χ1v) is 27.6. The molecular formula is C64H51N3OSi+2. The van der Waals surface area contributed by atoms with E-state index < -0.39 is 26.0 Å². The van der Waals surface area contributed by atoms with Crippen molar-refractivity contribution in [3.63, 3.8) is 0 Å². The van der Waals surface area contributed by atoms with Crippen molar-refractivity contribution < 1.29 is 17.7 Å². The van der Waals surface area contributed by atoms with Crippen molar-refractivity contribution in [1.29, 1.82) is 0 Å². The maximum atomic E-state index is 9.64. The number of hydrogen-bond donors (Lipinski definition) is 0. The number of hydrogen-bond acceptors (Lipinski definition) is 1. The van der Waals surface area contributed by atoms with Gasteiger partial charge in [0, 0.05) is 42.5 Å². The zero-order valence-electron chi connectivity index (χ0n) is 42.3. The molecule has 2 aliphatic rings. The summed E-state index contributed by atoms with van der Waals surface area (Å²) in [4.78, 5) is 0. The van der Waals surface area contributed by atoms with Crippen LogP contribution in [0.15, 0.2) is 205 Å². The maximum Gasteiger partial charge on any atom is 0.364 e. The van der Waals surface area contributed by atoms with Gasteiger partial charge in [-0.25, -0.2) is 0 Å². The first-order valence-electron chi connectivity index (χ1n) is 25.6. The molecule has 0 saturated carbocycles. The van der Waals surface area contributed by atoms with Gasteiger partial charge in [-0.05, 0) is 99.9 Å². The molecule has 0 N–H and O–H groups in total. The third-order valence-corrected chi connectivity index (χ3v) is 17.0. The normalized spacial score (nSPS) is 16.0. The van der Waals surface area contributed by atoms with Crippen LogP contribution in [-0.2, 0) is 12.0 Å². The fourth-order valence-electron chi connectivity index (χ4n) is 12.0. The number of nitrogens with zero attached hydrogens (tertiary/aromatic N) is 3. The molecule has 3 aromatic heterocycles. The summed E-state index contributed by atoms with van der Waals surface area (Å²) in [5.74, 6) is 0.148. The molecule has 5 heteroatoms. The first-order chi connectivity index (χ1) is 34.8. The number of benzene rings is 9. The van der Waals surface area contributed by atoms with Crippen LogP contribution in [0.4, 0.5) is 0 Å². The van der Waals surface area contributed by atoms with Gasteiger partial charge in [-0.3, -0.25) is 0 Å². The molecule has 12 aromatic rings. The molecule has 0 amide bonds. The Morgan fingerprint density at radius 1 is 0.623 bits per heavy atom. The molecule has 0 bridgehead atoms. The van der Waals surface area contributed by atoms with Gasteiger partial charge in [0.15, 0.2) is 22.8 Å². The largest absolute Gasteiger partial charge is 0.455 e. The van der Waals surface area contributed by atoms with Gasteiger partial charge in [-0.1, -0.05) is 167 Å². The third-order valence-electron chi connectivity index (χ3n) is 15.0. The molecular weight excluding hydrogens is 855 g/mol. The lowest BCUT2D eigenvalue weighted by Crippen LogP contribution is -2.72. The average molecular weight is 909 g/mol. The highest BCUT2D eigenvalue weighted by atomic mass is 28.3. The Labute approximate surface area is 407 Å². The van der Waals surface area contributed by atoms with Crippen molar-refractivity contribution in [2.24, 2.45) is 0 Å². The van der Waals surface area contributed by atoms with Gasteiger partial charge in [0.1, 0.15) is 16.8 Å². The maximum absolute atomic E-state index is 9.64. The van der Waals surface area contributed by atoms with Crippen LogP contribution in [0.25, 0.3) is 94.0 Å². The van der Waals surface area contributed by atoms with E-state index in [2.05, 4.69) is 185 Å². The number of furan rings is 1. The van der Waals surface area contributed by atoms with Crippen LogP contribution in [-0.4, -0.2) is 12.6 Å². The molecule has 1 spiro atoms. The number of pyridine rings is 1. The van der Waals surface area contributed by atoms with E-state index >= 15 is 0 Å². The van der Waals surface area contributed by atoms with Crippen LogP contribution in [0.5, 0.6) is 0 Å². The van der Waals surface area contributed by atoms with E-state index in [4.69, 9.17) is 4.42 Å². The Kier molecular flexibility index (Phi) is 7.85. The zero-order valence-corrected chi connectivity index (χ0v) is 40.3. The van der Waals surface area contributed by atoms with Crippen molar-refractivity contribution in [3.8, 4) is 39.5 Å². The van der Waals surface area contributed by atoms with Crippen LogP contribution in [0.1, 0.15) is 51.7 Å². The molecule has 0 fully saturated rings. The quantitative estimate of drug-likeness (QED) is 0.121. The topological polar surface area (TPSA) is 25.8 Å². The van der Waals surface area contributed by atoms with Crippen molar-refractivity contribution in [3.05, 3.63) is 228 Å². The van der Waals surface area contributed by atoms with Gasteiger partial charge >= 0.3 is 11.5 Å². The summed E-state index contributed by atoms with van der Waals surface area (Å²) in [5.41, 5.74) is 13.5. The smallest absolute Gasteiger partial charge is 0.364 e. The molecule has 69 heavy (non-hydrogen) atoms. The predicted molar refractivity (Wildman–Crippen MR) is 287 cm³/mol. The van der Waals surface area contributed by atoms with E-state index in [0.29, 0.717) is 16.7 Å². The Morgan fingerprint density at radius 3 is 2.09 bits per heavy atom. The minimum absolute atomic E-state index is 0.536. The van der Waals surface area contributed by atoms with Crippen LogP contribution in [0, 0.1) is 0 Å². The molecule has 9 aromatic carbocycles. The molecule has 0 saturated heterocycles. The lowest BCUT2D eigenvalue weighted by Gasteiger charge is -2.25. The Bertz CT molecular complexity index is 4280. The van der Waals surface area contributed by atoms with Crippen molar-refractivity contribution in [2.75, 3.05) is 0 Å². The van der Waals surface area contributed by atoms with E-state index in [0.717, 1.165) is 105 Å². The Morgan fingerprint density at radius 2 is 1.30 bits per heavy atom. The molecule has 2 aliphatic heterocycles. The van der Waals surface area contributed by atoms with Crippen LogP contribution in [0.3, 0.4) is 0 Å². The van der Waals surface area contributed by atoms with E-state index in [-0.39, 0.29) is 0 Å². The summed E-state index contributed by atoms with van der Waals surface area (Å²) in [6, 6.07) is 68.5. The van der Waals surface area contributed by atoms with Gasteiger partial charge in [-0.2, -0.15) is 4.57 Å². The predicted octanol–water partition coefficient (Wildman–Crippen LogP) is 14.6. The summed E-state index contributed by atoms with van der Waals surface area (Å²) in [6.07, 6.45) is 0.676. The third kappa shape index (κ3) is 5.56. The van der Waals surface area contributed by atoms with Gasteiger partial charge in [0.2, 0.25) is 5.69 Å². The van der Waals surface area contributed by atoms with Gasteiger partial charge in [0.25, 0.3) is 0 Å². The molecule has 4 nitrogen and oxygen atoms in total. The standard InChI is InChI=1S/C64H51N3OSi/c1-40(2)52-38-56-51-26-16-17-27-53(51)64(65(56)39-58(52)69(3,4)5)54-34-33-50-49-31-28-42(36-41-18-8-6-9-19-41)37-57(49)68-62(50)59(54)63-66(55-35-30-45-23-13-15-25-47(45)61(55)67(63)64)60-46-24-14-12-22-44(46)29-32-48(60)43-20-10-7-11-21-43/h6-35,37-40H,36H2,1-5H3/q+2/i36D2,40D. The number of rotatable bonds is 6. The van der Waals surface area contributed by atoms with Gasteiger partial charge in [0.05, 0.1) is 24.8 Å². The fourth-order valence-corrected chi connectivity index (χ4v) is 13.7. The average Bonchev–Trinajstić information content (AvgIpc) is 4.13. The highest BCUT2D eigenvalue weighted by Gasteiger charge is 2.67. The highest BCUT2D eigenvalue weighted by molar-refractivity contribution is 6.89. The van der Waals surface area contributed by atoms with E-state index in [1.54, 1.807) is 0 Å². The van der Waals surface area contributed by atoms with Crippen LogP contribution < -0.4 is 14.3 Å². The molecule has 0 aliphatic carbocycles. The van der Waals surface area contributed by atoms with Gasteiger partial charge < -0.3 is 4.42 Å². The Hall–Kier alpha value is -7.86. The second kappa shape index (κ2) is 14.6. The number of fused-ring (bicyclic) bond motifs is 19. The number of aromatic nitrogens is 3. The second-order valence-corrected chi connectivity index (χ2v) is 25.2. The molecule has 1 unspecified atom stereocenters. The lowest BCUT2D eigenvalue weighted by molar-refractivity contribution is -0.944. The van der Waals surface area contributed by atoms with E-state index in [9.17, 15) is 4.11 Å². The van der Waals surface area contributed by atoms with Crippen molar-refractivity contribution in [2.45, 2.75) is 51.4 Å². The fraction of sp³-hybridized carbons (Fsp3) is 0.125. The van der Waals surface area contributed by atoms with Crippen molar-refractivity contribution in [1.82, 2.24) is 4.57 Å². The lowest BCUT2D eigenvalue weighted by atomic mass is 9.88.